The van der Waals surface area contributed by atoms with E-state index in [1.165, 1.54) is 12.8 Å². The molecule has 1 N–H and O–H groups in total. The first-order chi connectivity index (χ1) is 8.38. The van der Waals surface area contributed by atoms with Crippen LogP contribution in [0.1, 0.15) is 19.8 Å². The number of halogens is 3. The van der Waals surface area contributed by atoms with E-state index in [4.69, 9.17) is 0 Å². The van der Waals surface area contributed by atoms with Crippen LogP contribution in [0, 0.1) is 0 Å². The molecule has 1 rings (SSSR count). The number of likely N-dealkylation sites (N-methyl/N-ethyl adjacent to an activating group) is 1. The van der Waals surface area contributed by atoms with E-state index in [9.17, 15) is 13.2 Å². The quantitative estimate of drug-likeness (QED) is 0.755. The summed E-state index contributed by atoms with van der Waals surface area (Å²) in [5.41, 5.74) is 0. The van der Waals surface area contributed by atoms with Gasteiger partial charge in [-0.05, 0) is 39.9 Å². The highest BCUT2D eigenvalue weighted by Gasteiger charge is 2.26. The summed E-state index contributed by atoms with van der Waals surface area (Å²) in [6.45, 7) is 5.67. The second-order valence-corrected chi connectivity index (χ2v) is 5.12. The Balaban J connectivity index is 2.10. The van der Waals surface area contributed by atoms with Gasteiger partial charge in [-0.3, -0.25) is 0 Å². The minimum Gasteiger partial charge on any atom is -0.307 e. The summed E-state index contributed by atoms with van der Waals surface area (Å²) in [5.74, 6) is 0. The van der Waals surface area contributed by atoms with Crippen molar-refractivity contribution in [2.75, 3.05) is 46.3 Å². The van der Waals surface area contributed by atoms with E-state index in [2.05, 4.69) is 15.1 Å². The van der Waals surface area contributed by atoms with E-state index in [0.717, 1.165) is 26.2 Å². The Morgan fingerprint density at radius 2 is 1.89 bits per heavy atom. The summed E-state index contributed by atoms with van der Waals surface area (Å²) >= 11 is 0. The van der Waals surface area contributed by atoms with Crippen LogP contribution in [0.15, 0.2) is 0 Å². The average molecular weight is 267 g/mol. The molecule has 1 heterocycles. The Hall–Kier alpha value is -0.330. The van der Waals surface area contributed by atoms with Crippen LogP contribution in [0.3, 0.4) is 0 Å². The van der Waals surface area contributed by atoms with Gasteiger partial charge in [0, 0.05) is 25.7 Å². The molecular formula is C12H24F3N3. The highest BCUT2D eigenvalue weighted by molar-refractivity contribution is 4.71. The van der Waals surface area contributed by atoms with Gasteiger partial charge in [-0.1, -0.05) is 0 Å². The maximum Gasteiger partial charge on any atom is 0.401 e. The normalized spacial score (nSPS) is 19.7. The highest BCUT2D eigenvalue weighted by atomic mass is 19.4. The lowest BCUT2D eigenvalue weighted by atomic mass is 10.3. The Bertz CT molecular complexity index is 227. The molecule has 0 amide bonds. The second-order valence-electron chi connectivity index (χ2n) is 5.12. The molecule has 0 aliphatic carbocycles. The summed E-state index contributed by atoms with van der Waals surface area (Å²) in [7, 11) is 1.97. The summed E-state index contributed by atoms with van der Waals surface area (Å²) < 4.78 is 35.9. The maximum atomic E-state index is 12.0. The SMILES string of the molecule is CC(CNCC(F)(F)F)N(C)CCN1CCCC1. The number of nitrogens with zero attached hydrogens (tertiary/aromatic N) is 2. The molecule has 18 heavy (non-hydrogen) atoms. The molecule has 0 bridgehead atoms. The zero-order valence-electron chi connectivity index (χ0n) is 11.3. The lowest BCUT2D eigenvalue weighted by Gasteiger charge is -2.27. The predicted molar refractivity (Wildman–Crippen MR) is 66.7 cm³/mol. The highest BCUT2D eigenvalue weighted by Crippen LogP contribution is 2.12. The molecule has 0 spiro atoms. The lowest BCUT2D eigenvalue weighted by molar-refractivity contribution is -0.125. The minimum atomic E-state index is -4.12. The van der Waals surface area contributed by atoms with E-state index in [0.29, 0.717) is 6.54 Å². The fourth-order valence-corrected chi connectivity index (χ4v) is 2.10. The Kier molecular flexibility index (Phi) is 6.38. The Labute approximate surface area is 107 Å². The molecule has 6 heteroatoms. The molecule has 0 saturated carbocycles. The molecule has 1 atom stereocenters. The summed E-state index contributed by atoms with van der Waals surface area (Å²) in [6, 6.07) is 0.120. The van der Waals surface area contributed by atoms with Crippen molar-refractivity contribution >= 4 is 0 Å². The monoisotopic (exact) mass is 267 g/mol. The Morgan fingerprint density at radius 3 is 2.44 bits per heavy atom. The van der Waals surface area contributed by atoms with E-state index >= 15 is 0 Å². The molecule has 3 nitrogen and oxygen atoms in total. The van der Waals surface area contributed by atoms with Gasteiger partial charge < -0.3 is 15.1 Å². The first kappa shape index (κ1) is 15.7. The molecule has 0 aromatic carbocycles. The van der Waals surface area contributed by atoms with E-state index in [1.807, 2.05) is 14.0 Å². The van der Waals surface area contributed by atoms with Gasteiger partial charge in [-0.25, -0.2) is 0 Å². The molecule has 1 unspecified atom stereocenters. The van der Waals surface area contributed by atoms with Crippen LogP contribution >= 0.6 is 0 Å². The topological polar surface area (TPSA) is 18.5 Å². The predicted octanol–water partition coefficient (Wildman–Crippen LogP) is 1.55. The maximum absolute atomic E-state index is 12.0. The molecular weight excluding hydrogens is 243 g/mol. The minimum absolute atomic E-state index is 0.120. The van der Waals surface area contributed by atoms with Crippen molar-refractivity contribution in [2.24, 2.45) is 0 Å². The number of rotatable bonds is 7. The Morgan fingerprint density at radius 1 is 1.28 bits per heavy atom. The van der Waals surface area contributed by atoms with Crippen molar-refractivity contribution in [3.8, 4) is 0 Å². The first-order valence-corrected chi connectivity index (χ1v) is 6.58. The number of hydrogen-bond acceptors (Lipinski definition) is 3. The molecule has 1 aliphatic heterocycles. The van der Waals surface area contributed by atoms with Gasteiger partial charge in [0.15, 0.2) is 0 Å². The van der Waals surface area contributed by atoms with Gasteiger partial charge in [0.1, 0.15) is 0 Å². The summed E-state index contributed by atoms with van der Waals surface area (Å²) in [6.07, 6.45) is -1.58. The third-order valence-electron chi connectivity index (χ3n) is 3.49. The van der Waals surface area contributed by atoms with Crippen molar-refractivity contribution < 1.29 is 13.2 Å². The van der Waals surface area contributed by atoms with Crippen molar-refractivity contribution in [1.29, 1.82) is 0 Å². The van der Waals surface area contributed by atoms with Gasteiger partial charge in [0.05, 0.1) is 6.54 Å². The molecule has 1 saturated heterocycles. The second kappa shape index (κ2) is 7.31. The van der Waals surface area contributed by atoms with Crippen LogP contribution in [0.4, 0.5) is 13.2 Å². The zero-order chi connectivity index (χ0) is 13.6. The van der Waals surface area contributed by atoms with Crippen LogP contribution in [-0.4, -0.2) is 68.3 Å². The van der Waals surface area contributed by atoms with E-state index < -0.39 is 12.7 Å². The smallest absolute Gasteiger partial charge is 0.307 e. The van der Waals surface area contributed by atoms with Crippen LogP contribution in [0.25, 0.3) is 0 Å². The van der Waals surface area contributed by atoms with Crippen LogP contribution < -0.4 is 5.32 Å². The largest absolute Gasteiger partial charge is 0.401 e. The van der Waals surface area contributed by atoms with Gasteiger partial charge in [0.2, 0.25) is 0 Å². The van der Waals surface area contributed by atoms with Crippen LogP contribution in [0.5, 0.6) is 0 Å². The molecule has 0 radical (unpaired) electrons. The summed E-state index contributed by atoms with van der Waals surface area (Å²) in [5, 5.41) is 2.45. The van der Waals surface area contributed by atoms with Gasteiger partial charge in [0.25, 0.3) is 0 Å². The molecule has 1 fully saturated rings. The van der Waals surface area contributed by atoms with Crippen LogP contribution in [0.2, 0.25) is 0 Å². The van der Waals surface area contributed by atoms with Gasteiger partial charge in [-0.15, -0.1) is 0 Å². The third kappa shape index (κ3) is 6.56. The zero-order valence-corrected chi connectivity index (χ0v) is 11.3. The standard InChI is InChI=1S/C12H24F3N3/c1-11(9-16-10-12(13,14)15)17(2)7-8-18-5-3-4-6-18/h11,16H,3-10H2,1-2H3. The first-order valence-electron chi connectivity index (χ1n) is 6.58. The lowest BCUT2D eigenvalue weighted by Crippen LogP contribution is -2.43. The number of likely N-dealkylation sites (tertiary alicyclic amines) is 1. The molecule has 108 valence electrons. The van der Waals surface area contributed by atoms with Crippen molar-refractivity contribution in [2.45, 2.75) is 32.0 Å². The van der Waals surface area contributed by atoms with E-state index in [-0.39, 0.29) is 6.04 Å². The van der Waals surface area contributed by atoms with Crippen molar-refractivity contribution in [3.63, 3.8) is 0 Å². The van der Waals surface area contributed by atoms with Crippen molar-refractivity contribution in [1.82, 2.24) is 15.1 Å². The number of hydrogen-bond donors (Lipinski definition) is 1. The summed E-state index contributed by atoms with van der Waals surface area (Å²) in [4.78, 5) is 4.52. The fourth-order valence-electron chi connectivity index (χ4n) is 2.10. The fraction of sp³-hybridized carbons (Fsp3) is 1.00. The van der Waals surface area contributed by atoms with Crippen LogP contribution in [-0.2, 0) is 0 Å². The molecule has 1 aliphatic rings. The van der Waals surface area contributed by atoms with Gasteiger partial charge in [-0.2, -0.15) is 13.2 Å². The van der Waals surface area contributed by atoms with Crippen molar-refractivity contribution in [3.05, 3.63) is 0 Å². The number of nitrogens with one attached hydrogen (secondary N) is 1. The third-order valence-corrected chi connectivity index (χ3v) is 3.49. The molecule has 0 aromatic rings. The van der Waals surface area contributed by atoms with Gasteiger partial charge >= 0.3 is 6.18 Å². The molecule has 0 aromatic heterocycles. The average Bonchev–Trinajstić information content (AvgIpc) is 2.76. The van der Waals surface area contributed by atoms with E-state index in [1.54, 1.807) is 0 Å². The number of alkyl halides is 3.